The molecule has 0 spiro atoms. The van der Waals surface area contributed by atoms with E-state index in [1.165, 1.54) is 0 Å². The Morgan fingerprint density at radius 2 is 1.80 bits per heavy atom. The molecule has 104 valence electrons. The van der Waals surface area contributed by atoms with E-state index in [1.54, 1.807) is 6.92 Å². The molecule has 0 heterocycles. The van der Waals surface area contributed by atoms with Crippen molar-refractivity contribution in [3.05, 3.63) is 65.7 Å². The van der Waals surface area contributed by atoms with E-state index >= 15 is 0 Å². The van der Waals surface area contributed by atoms with Gasteiger partial charge in [0, 0.05) is 5.69 Å². The Labute approximate surface area is 124 Å². The van der Waals surface area contributed by atoms with E-state index in [2.05, 4.69) is 17.9 Å². The quantitative estimate of drug-likeness (QED) is 0.824. The van der Waals surface area contributed by atoms with Crippen LogP contribution in [0.15, 0.2) is 54.6 Å². The number of rotatable bonds is 4. The molecular formula is C16H17NO2S. The van der Waals surface area contributed by atoms with Crippen LogP contribution in [0.1, 0.15) is 23.3 Å². The topological polar surface area (TPSA) is 38.3 Å². The van der Waals surface area contributed by atoms with Gasteiger partial charge in [0.2, 0.25) is 0 Å². The second-order valence-electron chi connectivity index (χ2n) is 4.25. The zero-order chi connectivity index (χ0) is 14.4. The summed E-state index contributed by atoms with van der Waals surface area (Å²) in [7, 11) is 0. The van der Waals surface area contributed by atoms with Crippen molar-refractivity contribution in [1.29, 1.82) is 0 Å². The van der Waals surface area contributed by atoms with Gasteiger partial charge >= 0.3 is 6.09 Å². The van der Waals surface area contributed by atoms with Gasteiger partial charge in [-0.3, -0.25) is 5.32 Å². The molecule has 20 heavy (non-hydrogen) atoms. The molecule has 0 saturated heterocycles. The van der Waals surface area contributed by atoms with Gasteiger partial charge in [-0.25, -0.2) is 4.79 Å². The van der Waals surface area contributed by atoms with E-state index in [1.807, 2.05) is 54.6 Å². The average Bonchev–Trinajstić information content (AvgIpc) is 2.48. The number of hydrogen-bond donors (Lipinski definition) is 2. The summed E-state index contributed by atoms with van der Waals surface area (Å²) in [6.07, 6.45) is -0.450. The Hall–Kier alpha value is -1.94. The summed E-state index contributed by atoms with van der Waals surface area (Å²) in [4.78, 5) is 11.6. The van der Waals surface area contributed by atoms with Crippen molar-refractivity contribution in [3.8, 4) is 0 Å². The highest BCUT2D eigenvalue weighted by atomic mass is 32.1. The molecular weight excluding hydrogens is 270 g/mol. The molecule has 4 heteroatoms. The van der Waals surface area contributed by atoms with Crippen LogP contribution in [-0.4, -0.2) is 12.7 Å². The van der Waals surface area contributed by atoms with Gasteiger partial charge < -0.3 is 4.74 Å². The summed E-state index contributed by atoms with van der Waals surface area (Å²) >= 11 is 4.66. The standard InChI is InChI=1S/C16H17NO2S/c1-2-19-16(18)17-14-11-7-6-10-13(14)15(20)12-8-4-3-5-9-12/h3-11,15,20H,2H2,1H3,(H,17,18). The van der Waals surface area contributed by atoms with Gasteiger partial charge in [-0.2, -0.15) is 12.6 Å². The predicted molar refractivity (Wildman–Crippen MR) is 84.4 cm³/mol. The Bertz CT molecular complexity index is 572. The first-order valence-electron chi connectivity index (χ1n) is 6.48. The summed E-state index contributed by atoms with van der Waals surface area (Å²) < 4.78 is 4.91. The monoisotopic (exact) mass is 287 g/mol. The first kappa shape index (κ1) is 14.5. The highest BCUT2D eigenvalue weighted by Gasteiger charge is 2.14. The molecule has 1 amide bonds. The van der Waals surface area contributed by atoms with Gasteiger partial charge in [-0.15, -0.1) is 0 Å². The third kappa shape index (κ3) is 3.54. The minimum Gasteiger partial charge on any atom is -0.450 e. The fraction of sp³-hybridized carbons (Fsp3) is 0.188. The lowest BCUT2D eigenvalue weighted by atomic mass is 10.0. The zero-order valence-electron chi connectivity index (χ0n) is 11.2. The third-order valence-corrected chi connectivity index (χ3v) is 3.46. The summed E-state index contributed by atoms with van der Waals surface area (Å²) in [5.74, 6) is 0. The number of thiol groups is 1. The molecule has 0 aliphatic rings. The van der Waals surface area contributed by atoms with Crippen LogP contribution < -0.4 is 5.32 Å². The average molecular weight is 287 g/mol. The molecule has 0 aromatic heterocycles. The molecule has 0 bridgehead atoms. The molecule has 0 aliphatic heterocycles. The molecule has 1 unspecified atom stereocenters. The lowest BCUT2D eigenvalue weighted by molar-refractivity contribution is 0.168. The normalized spacial score (nSPS) is 11.7. The predicted octanol–water partition coefficient (Wildman–Crippen LogP) is 4.27. The molecule has 0 radical (unpaired) electrons. The number of nitrogens with one attached hydrogen (secondary N) is 1. The summed E-state index contributed by atoms with van der Waals surface area (Å²) in [5, 5.41) is 2.65. The Morgan fingerprint density at radius 3 is 2.50 bits per heavy atom. The molecule has 0 fully saturated rings. The second kappa shape index (κ2) is 7.01. The number of para-hydroxylation sites is 1. The van der Waals surface area contributed by atoms with Crippen LogP contribution in [0.3, 0.4) is 0 Å². The molecule has 3 nitrogen and oxygen atoms in total. The van der Waals surface area contributed by atoms with Crippen molar-refractivity contribution >= 4 is 24.4 Å². The molecule has 0 saturated carbocycles. The maximum atomic E-state index is 11.6. The Morgan fingerprint density at radius 1 is 1.15 bits per heavy atom. The van der Waals surface area contributed by atoms with E-state index < -0.39 is 6.09 Å². The fourth-order valence-electron chi connectivity index (χ4n) is 1.94. The summed E-state index contributed by atoms with van der Waals surface area (Å²) in [6, 6.07) is 17.5. The molecule has 1 atom stereocenters. The molecule has 1 N–H and O–H groups in total. The van der Waals surface area contributed by atoms with Crippen LogP contribution in [0.25, 0.3) is 0 Å². The molecule has 2 rings (SSSR count). The third-order valence-electron chi connectivity index (χ3n) is 2.88. The lowest BCUT2D eigenvalue weighted by Gasteiger charge is -2.16. The lowest BCUT2D eigenvalue weighted by Crippen LogP contribution is -2.15. The van der Waals surface area contributed by atoms with Crippen LogP contribution in [0, 0.1) is 0 Å². The highest BCUT2D eigenvalue weighted by Crippen LogP contribution is 2.33. The van der Waals surface area contributed by atoms with Crippen LogP contribution in [0.5, 0.6) is 0 Å². The van der Waals surface area contributed by atoms with Gasteiger partial charge in [-0.1, -0.05) is 48.5 Å². The SMILES string of the molecule is CCOC(=O)Nc1ccccc1C(S)c1ccccc1. The van der Waals surface area contributed by atoms with Crippen LogP contribution >= 0.6 is 12.6 Å². The zero-order valence-corrected chi connectivity index (χ0v) is 12.1. The van der Waals surface area contributed by atoms with Gasteiger partial charge in [0.25, 0.3) is 0 Å². The molecule has 0 aliphatic carbocycles. The largest absolute Gasteiger partial charge is 0.450 e. The minimum absolute atomic E-state index is 0.102. The minimum atomic E-state index is -0.450. The maximum absolute atomic E-state index is 11.6. The van der Waals surface area contributed by atoms with E-state index in [0.29, 0.717) is 6.61 Å². The number of carbonyl (C=O) groups is 1. The van der Waals surface area contributed by atoms with E-state index in [9.17, 15) is 4.79 Å². The number of hydrogen-bond acceptors (Lipinski definition) is 3. The van der Waals surface area contributed by atoms with Crippen LogP contribution in [0.4, 0.5) is 10.5 Å². The Kier molecular flexibility index (Phi) is 5.07. The highest BCUT2D eigenvalue weighted by molar-refractivity contribution is 7.80. The van der Waals surface area contributed by atoms with Crippen molar-refractivity contribution in [1.82, 2.24) is 0 Å². The maximum Gasteiger partial charge on any atom is 0.411 e. The van der Waals surface area contributed by atoms with Crippen LogP contribution in [-0.2, 0) is 4.74 Å². The van der Waals surface area contributed by atoms with Crippen molar-refractivity contribution in [3.63, 3.8) is 0 Å². The van der Waals surface area contributed by atoms with E-state index in [0.717, 1.165) is 16.8 Å². The van der Waals surface area contributed by atoms with Gasteiger partial charge in [0.05, 0.1) is 11.9 Å². The van der Waals surface area contributed by atoms with Crippen molar-refractivity contribution in [2.45, 2.75) is 12.2 Å². The van der Waals surface area contributed by atoms with E-state index in [4.69, 9.17) is 4.74 Å². The smallest absolute Gasteiger partial charge is 0.411 e. The first-order valence-corrected chi connectivity index (χ1v) is 6.99. The van der Waals surface area contributed by atoms with Crippen molar-refractivity contribution in [2.75, 3.05) is 11.9 Å². The number of amides is 1. The van der Waals surface area contributed by atoms with Crippen molar-refractivity contribution in [2.24, 2.45) is 0 Å². The van der Waals surface area contributed by atoms with E-state index in [-0.39, 0.29) is 5.25 Å². The van der Waals surface area contributed by atoms with Gasteiger partial charge in [0.15, 0.2) is 0 Å². The van der Waals surface area contributed by atoms with Gasteiger partial charge in [0.1, 0.15) is 0 Å². The number of ether oxygens (including phenoxy) is 1. The number of carbonyl (C=O) groups excluding carboxylic acids is 1. The number of anilines is 1. The Balaban J connectivity index is 2.25. The summed E-state index contributed by atoms with van der Waals surface area (Å²) in [5.41, 5.74) is 2.74. The summed E-state index contributed by atoms with van der Waals surface area (Å²) in [6.45, 7) is 2.12. The number of benzene rings is 2. The van der Waals surface area contributed by atoms with Gasteiger partial charge in [-0.05, 0) is 24.1 Å². The molecule has 2 aromatic rings. The fourth-order valence-corrected chi connectivity index (χ4v) is 2.34. The second-order valence-corrected chi connectivity index (χ2v) is 4.76. The van der Waals surface area contributed by atoms with Crippen LogP contribution in [0.2, 0.25) is 0 Å². The molecule has 2 aromatic carbocycles. The van der Waals surface area contributed by atoms with Crippen molar-refractivity contribution < 1.29 is 9.53 Å². The first-order chi connectivity index (χ1) is 9.72.